The number of rotatable bonds is 1. The van der Waals surface area contributed by atoms with Crippen LogP contribution in [0.3, 0.4) is 0 Å². The van der Waals surface area contributed by atoms with Gasteiger partial charge in [-0.1, -0.05) is 18.2 Å². The summed E-state index contributed by atoms with van der Waals surface area (Å²) in [4.78, 5) is 23.2. The summed E-state index contributed by atoms with van der Waals surface area (Å²) in [5.74, 6) is -3.55. The Hall–Kier alpha value is -1.79. The zero-order valence-electron chi connectivity index (χ0n) is 13.6. The van der Waals surface area contributed by atoms with Gasteiger partial charge in [-0.05, 0) is 18.2 Å². The molecular formula is C17H11EuF3O7. The number of Topliss-reactive ketones (excluding diaryl/α,β-unsaturated/α-hetero) is 1. The number of carbonyl (C=O) groups is 1. The number of benzene rings is 2. The monoisotopic (exact) mass is 537 g/mol. The molecule has 1 radical (unpaired) electrons. The van der Waals surface area contributed by atoms with Crippen molar-refractivity contribution in [1.82, 2.24) is 0 Å². The average molecular weight is 536 g/mol. The van der Waals surface area contributed by atoms with Crippen LogP contribution in [0.1, 0.15) is 10.4 Å². The molecular weight excluding hydrogens is 525 g/mol. The first kappa shape index (κ1) is 24.3. The van der Waals surface area contributed by atoms with Crippen molar-refractivity contribution >= 4 is 38.7 Å². The van der Waals surface area contributed by atoms with Gasteiger partial charge in [-0.2, -0.15) is 13.2 Å². The molecule has 4 rings (SSSR count). The van der Waals surface area contributed by atoms with Crippen LogP contribution in [0.25, 0.3) is 32.9 Å². The minimum atomic E-state index is -5.32. The normalized spacial score (nSPS) is 11.0. The number of alkyl halides is 3. The molecule has 0 unspecified atom stereocenters. The molecule has 0 aliphatic rings. The molecule has 149 valence electrons. The van der Waals surface area contributed by atoms with Crippen molar-refractivity contribution in [3.63, 3.8) is 0 Å². The van der Waals surface area contributed by atoms with E-state index in [1.54, 1.807) is 24.3 Å². The van der Waals surface area contributed by atoms with Gasteiger partial charge in [0.25, 0.3) is 5.78 Å². The van der Waals surface area contributed by atoms with Crippen LogP contribution in [-0.2, 0) is 0 Å². The Kier molecular flexibility index (Phi) is 7.19. The van der Waals surface area contributed by atoms with Crippen molar-refractivity contribution < 1.29 is 92.2 Å². The largest absolute Gasteiger partial charge is 0.506 e. The molecule has 0 saturated heterocycles. The van der Waals surface area contributed by atoms with Crippen molar-refractivity contribution in [2.45, 2.75) is 6.18 Å². The Bertz CT molecular complexity index is 1240. The second kappa shape index (κ2) is 8.30. The van der Waals surface area contributed by atoms with Gasteiger partial charge >= 0.3 is 11.8 Å². The van der Waals surface area contributed by atoms with Crippen LogP contribution in [0.15, 0.2) is 50.0 Å². The van der Waals surface area contributed by atoms with E-state index in [0.717, 1.165) is 0 Å². The summed E-state index contributed by atoms with van der Waals surface area (Å²) in [6, 6.07) is 9.55. The number of carbonyl (C=O) groups excluding carboxylic acids is 1. The molecule has 28 heavy (non-hydrogen) atoms. The van der Waals surface area contributed by atoms with Gasteiger partial charge in [0.05, 0.1) is 5.39 Å². The van der Waals surface area contributed by atoms with E-state index in [1.807, 2.05) is 0 Å². The Morgan fingerprint density at radius 3 is 2.11 bits per heavy atom. The third-order valence-corrected chi connectivity index (χ3v) is 3.86. The second-order valence-electron chi connectivity index (χ2n) is 5.38. The number of para-hydroxylation sites is 1. The summed E-state index contributed by atoms with van der Waals surface area (Å²) >= 11 is 0. The molecule has 0 amide bonds. The molecule has 0 aliphatic carbocycles. The van der Waals surface area contributed by atoms with Crippen molar-refractivity contribution in [3.8, 4) is 5.75 Å². The molecule has 11 heteroatoms. The molecule has 0 atom stereocenters. The van der Waals surface area contributed by atoms with Gasteiger partial charge in [0.1, 0.15) is 22.5 Å². The Morgan fingerprint density at radius 2 is 1.46 bits per heavy atom. The van der Waals surface area contributed by atoms with Crippen molar-refractivity contribution in [3.05, 3.63) is 52.4 Å². The first-order valence-corrected chi connectivity index (χ1v) is 7.00. The van der Waals surface area contributed by atoms with Crippen LogP contribution < -0.4 is 5.63 Å². The maximum Gasteiger partial charge on any atom is 0.455 e. The number of halogens is 3. The van der Waals surface area contributed by atoms with Gasteiger partial charge in [-0.3, -0.25) is 4.79 Å². The van der Waals surface area contributed by atoms with E-state index in [2.05, 4.69) is 0 Å². The van der Waals surface area contributed by atoms with Crippen LogP contribution in [0.5, 0.6) is 5.75 Å². The molecule has 7 nitrogen and oxygen atoms in total. The minimum Gasteiger partial charge on any atom is -0.506 e. The van der Waals surface area contributed by atoms with E-state index < -0.39 is 28.9 Å². The fourth-order valence-corrected chi connectivity index (χ4v) is 2.75. The number of ketones is 1. The number of aromatic hydroxyl groups is 1. The SMILES string of the molecule is O.O.O=C(c1c(O)c2cc3oc4ccccc4c3cc2oc1=O)C(F)(F)F.[Eu]. The molecule has 0 fully saturated rings. The van der Waals surface area contributed by atoms with Gasteiger partial charge in [-0.25, -0.2) is 4.79 Å². The first-order valence-electron chi connectivity index (χ1n) is 7.00. The maximum absolute atomic E-state index is 12.6. The predicted molar refractivity (Wildman–Crippen MR) is 89.0 cm³/mol. The number of hydrogen-bond donors (Lipinski definition) is 1. The van der Waals surface area contributed by atoms with E-state index in [0.29, 0.717) is 16.4 Å². The summed E-state index contributed by atoms with van der Waals surface area (Å²) < 4.78 is 48.3. The summed E-state index contributed by atoms with van der Waals surface area (Å²) in [7, 11) is 0. The molecule has 2 heterocycles. The average Bonchev–Trinajstić information content (AvgIpc) is 2.90. The molecule has 2 aromatic heterocycles. The zero-order chi connectivity index (χ0) is 17.9. The van der Waals surface area contributed by atoms with E-state index in [1.165, 1.54) is 12.1 Å². The number of fused-ring (bicyclic) bond motifs is 4. The summed E-state index contributed by atoms with van der Waals surface area (Å²) in [6.07, 6.45) is -5.32. The standard InChI is InChI=1S/C17H7F3O5.Eu.2H2O/c18-17(19,20)15(22)13-14(21)9-6-11-8(5-12(9)25-16(13)23)7-3-1-2-4-10(7)24-11;;;/h1-6,21H;;2*1H2. The Labute approximate surface area is 193 Å². The van der Waals surface area contributed by atoms with Gasteiger partial charge in [-0.15, -0.1) is 0 Å². The van der Waals surface area contributed by atoms with Gasteiger partial charge in [0.15, 0.2) is 5.56 Å². The van der Waals surface area contributed by atoms with Crippen LogP contribution in [-0.4, -0.2) is 28.0 Å². The number of hydrogen-bond acceptors (Lipinski definition) is 5. The summed E-state index contributed by atoms with van der Waals surface area (Å²) in [5, 5.41) is 11.1. The molecule has 0 saturated carbocycles. The molecule has 5 N–H and O–H groups in total. The van der Waals surface area contributed by atoms with Crippen LogP contribution in [0, 0.1) is 49.4 Å². The summed E-state index contributed by atoms with van der Waals surface area (Å²) in [5.41, 5.74) is -2.38. The van der Waals surface area contributed by atoms with E-state index in [-0.39, 0.29) is 76.9 Å². The van der Waals surface area contributed by atoms with Gasteiger partial charge in [0, 0.05) is 60.1 Å². The van der Waals surface area contributed by atoms with E-state index in [4.69, 9.17) is 8.83 Å². The van der Waals surface area contributed by atoms with Crippen molar-refractivity contribution in [2.24, 2.45) is 0 Å². The fraction of sp³-hybridized carbons (Fsp3) is 0.0588. The molecule has 2 aromatic carbocycles. The smallest absolute Gasteiger partial charge is 0.455 e. The summed E-state index contributed by atoms with van der Waals surface area (Å²) in [6.45, 7) is 0. The van der Waals surface area contributed by atoms with Crippen molar-refractivity contribution in [1.29, 1.82) is 0 Å². The predicted octanol–water partition coefficient (Wildman–Crippen LogP) is 2.49. The molecule has 4 aromatic rings. The quantitative estimate of drug-likeness (QED) is 0.294. The number of furan rings is 1. The van der Waals surface area contributed by atoms with Gasteiger partial charge < -0.3 is 24.9 Å². The van der Waals surface area contributed by atoms with Crippen LogP contribution in [0.2, 0.25) is 0 Å². The Morgan fingerprint density at radius 1 is 0.893 bits per heavy atom. The van der Waals surface area contributed by atoms with Crippen molar-refractivity contribution in [2.75, 3.05) is 0 Å². The fourth-order valence-electron chi connectivity index (χ4n) is 2.75. The third-order valence-electron chi connectivity index (χ3n) is 3.86. The van der Waals surface area contributed by atoms with E-state index in [9.17, 15) is 27.9 Å². The first-order chi connectivity index (χ1) is 11.8. The van der Waals surface area contributed by atoms with Gasteiger partial charge in [0.2, 0.25) is 0 Å². The Balaban J connectivity index is 0.00000131. The maximum atomic E-state index is 12.6. The minimum absolute atomic E-state index is 0. The third kappa shape index (κ3) is 3.72. The molecule has 0 bridgehead atoms. The van der Waals surface area contributed by atoms with E-state index >= 15 is 0 Å². The second-order valence-corrected chi connectivity index (χ2v) is 5.38. The molecule has 0 aliphatic heterocycles. The topological polar surface area (TPSA) is 144 Å². The molecule has 0 spiro atoms. The van der Waals surface area contributed by atoms with Crippen LogP contribution >= 0.6 is 0 Å². The van der Waals surface area contributed by atoms with Crippen LogP contribution in [0.4, 0.5) is 13.2 Å². The zero-order valence-corrected chi connectivity index (χ0v) is 16.0.